The minimum Gasteiger partial charge on any atom is -0.497 e. The van der Waals surface area contributed by atoms with Crippen LogP contribution in [0.5, 0.6) is 5.75 Å². The van der Waals surface area contributed by atoms with Gasteiger partial charge in [0.15, 0.2) is 6.04 Å². The first kappa shape index (κ1) is 24.2. The molecule has 1 aromatic carbocycles. The number of rotatable bonds is 6. The fraction of sp³-hybridized carbons (Fsp3) is 0.667. The van der Waals surface area contributed by atoms with Crippen LogP contribution in [0, 0.1) is 0 Å². The Balaban J connectivity index is 1.85. The van der Waals surface area contributed by atoms with Gasteiger partial charge in [-0.1, -0.05) is 25.0 Å². The van der Waals surface area contributed by atoms with Crippen molar-refractivity contribution in [1.82, 2.24) is 14.0 Å². The molecule has 1 aromatic rings. The first-order chi connectivity index (χ1) is 15.7. The summed E-state index contributed by atoms with van der Waals surface area (Å²) in [5.41, 5.74) is 0.862. The van der Waals surface area contributed by atoms with Crippen LogP contribution in [0.25, 0.3) is 0 Å². The van der Waals surface area contributed by atoms with E-state index in [1.165, 1.54) is 7.11 Å². The molecule has 8 nitrogen and oxygen atoms in total. The van der Waals surface area contributed by atoms with Gasteiger partial charge in [0.1, 0.15) is 5.75 Å². The minimum absolute atomic E-state index is 0.0901. The molecule has 2 fully saturated rings. The lowest BCUT2D eigenvalue weighted by atomic mass is 9.89. The number of ether oxygens (including phenoxy) is 2. The number of esters is 1. The topological polar surface area (TPSA) is 74.7 Å². The molecule has 0 N–H and O–H groups in total. The number of hydrogen-bond donors (Lipinski definition) is 0. The normalized spacial score (nSPS) is 29.6. The number of aliphatic imine (C=N–C) groups is 1. The summed E-state index contributed by atoms with van der Waals surface area (Å²) in [6.07, 6.45) is 6.01. The molecule has 0 spiro atoms. The van der Waals surface area contributed by atoms with Gasteiger partial charge >= 0.3 is 13.6 Å². The molecular formula is C24H37N4O4P. The zero-order valence-corrected chi connectivity index (χ0v) is 21.4. The second-order valence-corrected chi connectivity index (χ2v) is 12.1. The van der Waals surface area contributed by atoms with Gasteiger partial charge < -0.3 is 9.47 Å². The summed E-state index contributed by atoms with van der Waals surface area (Å²) >= 11 is 0. The van der Waals surface area contributed by atoms with Gasteiger partial charge in [-0.05, 0) is 58.2 Å². The quantitative estimate of drug-likeness (QED) is 0.443. The largest absolute Gasteiger partial charge is 0.497 e. The van der Waals surface area contributed by atoms with E-state index >= 15 is 4.57 Å². The molecule has 1 aliphatic carbocycles. The Morgan fingerprint density at radius 3 is 2.00 bits per heavy atom. The summed E-state index contributed by atoms with van der Waals surface area (Å²) in [6.45, 7) is 8.48. The lowest BCUT2D eigenvalue weighted by Gasteiger charge is -2.43. The Morgan fingerprint density at radius 1 is 1.00 bits per heavy atom. The molecule has 4 atom stereocenters. The second-order valence-electron chi connectivity index (χ2n) is 9.71. The average molecular weight is 477 g/mol. The SMILES string of the molecule is COC(=O)[C@@H]1N=CN(P2(=O)N(C(C)C)[C@@H]3CCCC[C@H]3N2C(C)C)[C@H]1c1ccc(OC)cc1. The van der Waals surface area contributed by atoms with E-state index in [0.29, 0.717) is 0 Å². The van der Waals surface area contributed by atoms with Crippen LogP contribution in [-0.4, -0.2) is 70.7 Å². The van der Waals surface area contributed by atoms with Crippen LogP contribution < -0.4 is 4.74 Å². The van der Waals surface area contributed by atoms with Gasteiger partial charge in [0.05, 0.1) is 26.6 Å². The molecule has 0 unspecified atom stereocenters. The first-order valence-corrected chi connectivity index (χ1v) is 13.5. The van der Waals surface area contributed by atoms with Gasteiger partial charge in [-0.25, -0.2) is 14.1 Å². The highest BCUT2D eigenvalue weighted by Gasteiger charge is 2.62. The van der Waals surface area contributed by atoms with Crippen LogP contribution in [0.2, 0.25) is 0 Å². The van der Waals surface area contributed by atoms with Crippen molar-refractivity contribution in [3.63, 3.8) is 0 Å². The van der Waals surface area contributed by atoms with Gasteiger partial charge in [0.25, 0.3) is 0 Å². The number of carbonyl (C=O) groups excluding carboxylic acids is 1. The van der Waals surface area contributed by atoms with Crippen molar-refractivity contribution in [2.24, 2.45) is 4.99 Å². The van der Waals surface area contributed by atoms with Crippen molar-refractivity contribution in [3.8, 4) is 5.75 Å². The predicted molar refractivity (Wildman–Crippen MR) is 129 cm³/mol. The van der Waals surface area contributed by atoms with Gasteiger partial charge in [0.2, 0.25) is 0 Å². The molecule has 0 bridgehead atoms. The summed E-state index contributed by atoms with van der Waals surface area (Å²) in [5, 5.41) is 0. The molecule has 1 saturated heterocycles. The third kappa shape index (κ3) is 3.90. The Morgan fingerprint density at radius 2 is 1.55 bits per heavy atom. The van der Waals surface area contributed by atoms with Crippen LogP contribution in [0.3, 0.4) is 0 Å². The number of methoxy groups -OCH3 is 2. The molecule has 0 radical (unpaired) electrons. The fourth-order valence-corrected chi connectivity index (χ4v) is 9.94. The van der Waals surface area contributed by atoms with Crippen LogP contribution >= 0.6 is 7.59 Å². The van der Waals surface area contributed by atoms with Crippen LogP contribution in [-0.2, 0) is 14.1 Å². The molecule has 2 aliphatic heterocycles. The highest BCUT2D eigenvalue weighted by Crippen LogP contribution is 2.69. The van der Waals surface area contributed by atoms with E-state index in [2.05, 4.69) is 42.0 Å². The third-order valence-corrected chi connectivity index (χ3v) is 10.8. The number of hydrogen-bond acceptors (Lipinski definition) is 5. The van der Waals surface area contributed by atoms with Crippen molar-refractivity contribution < 1.29 is 18.8 Å². The summed E-state index contributed by atoms with van der Waals surface area (Å²) in [7, 11) is -0.276. The summed E-state index contributed by atoms with van der Waals surface area (Å²) in [4.78, 5) is 17.3. The van der Waals surface area contributed by atoms with E-state index in [0.717, 1.165) is 37.0 Å². The zero-order valence-electron chi connectivity index (χ0n) is 20.5. The van der Waals surface area contributed by atoms with Crippen LogP contribution in [0.4, 0.5) is 0 Å². The molecule has 3 aliphatic rings. The fourth-order valence-electron chi connectivity index (χ4n) is 5.93. The molecular weight excluding hydrogens is 439 g/mol. The lowest BCUT2D eigenvalue weighted by molar-refractivity contribution is -0.142. The van der Waals surface area contributed by atoms with Crippen LogP contribution in [0.1, 0.15) is 65.0 Å². The predicted octanol–water partition coefficient (Wildman–Crippen LogP) is 4.48. The maximum atomic E-state index is 15.4. The molecule has 33 heavy (non-hydrogen) atoms. The summed E-state index contributed by atoms with van der Waals surface area (Å²) in [5.74, 6) is 0.301. The maximum Gasteiger partial charge on any atom is 0.333 e. The molecule has 182 valence electrons. The Kier molecular flexibility index (Phi) is 6.90. The van der Waals surface area contributed by atoms with E-state index in [9.17, 15) is 4.79 Å². The van der Waals surface area contributed by atoms with Crippen molar-refractivity contribution in [2.45, 2.75) is 89.6 Å². The number of nitrogens with zero attached hydrogens (tertiary/aromatic N) is 4. The Labute approximate surface area is 197 Å². The minimum atomic E-state index is -3.27. The second kappa shape index (κ2) is 9.40. The van der Waals surface area contributed by atoms with E-state index in [4.69, 9.17) is 9.47 Å². The maximum absolute atomic E-state index is 15.4. The van der Waals surface area contributed by atoms with E-state index in [1.807, 2.05) is 28.9 Å². The lowest BCUT2D eigenvalue weighted by Crippen LogP contribution is -2.43. The molecule has 9 heteroatoms. The molecule has 1 saturated carbocycles. The Hall–Kier alpha value is -1.89. The number of carbonyl (C=O) groups is 1. The smallest absolute Gasteiger partial charge is 0.333 e. The average Bonchev–Trinajstić information content (AvgIpc) is 3.36. The van der Waals surface area contributed by atoms with Crippen molar-refractivity contribution in [2.75, 3.05) is 14.2 Å². The highest BCUT2D eigenvalue weighted by atomic mass is 31.2. The monoisotopic (exact) mass is 476 g/mol. The van der Waals surface area contributed by atoms with Gasteiger partial charge in [-0.15, -0.1) is 0 Å². The molecule has 2 heterocycles. The number of benzene rings is 1. The zero-order chi connectivity index (χ0) is 23.9. The van der Waals surface area contributed by atoms with E-state index < -0.39 is 25.6 Å². The van der Waals surface area contributed by atoms with Crippen molar-refractivity contribution in [1.29, 1.82) is 0 Å². The molecule has 0 amide bonds. The summed E-state index contributed by atoms with van der Waals surface area (Å²) < 4.78 is 32.2. The van der Waals surface area contributed by atoms with Crippen LogP contribution in [0.15, 0.2) is 29.3 Å². The van der Waals surface area contributed by atoms with Crippen molar-refractivity contribution >= 4 is 19.9 Å². The highest BCUT2D eigenvalue weighted by molar-refractivity contribution is 7.57. The van der Waals surface area contributed by atoms with Gasteiger partial charge in [-0.3, -0.25) is 14.2 Å². The Bertz CT molecular complexity index is 907. The number of fused-ring (bicyclic) bond motifs is 1. The molecule has 0 aromatic heterocycles. The first-order valence-electron chi connectivity index (χ1n) is 12.0. The molecule has 4 rings (SSSR count). The summed E-state index contributed by atoms with van der Waals surface area (Å²) in [6, 6.07) is 6.93. The standard InChI is InChI=1S/C24H37N4O4P/c1-16(2)27-20-9-7-8-10-21(20)28(17(3)4)33(27,30)26-15-25-22(24(29)32-6)23(26)18-11-13-19(31-5)14-12-18/h11-17,20-23H,7-10H2,1-6H3/t20-,21-,22-,23+/m1/s1. The van der Waals surface area contributed by atoms with Gasteiger partial charge in [0, 0.05) is 24.2 Å². The van der Waals surface area contributed by atoms with E-state index in [1.54, 1.807) is 13.4 Å². The van der Waals surface area contributed by atoms with Crippen molar-refractivity contribution in [3.05, 3.63) is 29.8 Å². The van der Waals surface area contributed by atoms with Gasteiger partial charge in [-0.2, -0.15) is 0 Å². The third-order valence-electron chi connectivity index (χ3n) is 7.16. The van der Waals surface area contributed by atoms with E-state index in [-0.39, 0.29) is 24.2 Å².